The minimum Gasteiger partial charge on any atom is -0.393 e. The fourth-order valence-corrected chi connectivity index (χ4v) is 3.95. The largest absolute Gasteiger partial charge is 0.417 e. The Bertz CT molecular complexity index is 612. The maximum absolute atomic E-state index is 12.9. The Balaban J connectivity index is 2.37. The summed E-state index contributed by atoms with van der Waals surface area (Å²) in [6.07, 6.45) is -4.96. The Kier molecular flexibility index (Phi) is 4.16. The van der Waals surface area contributed by atoms with Crippen LogP contribution in [0.2, 0.25) is 0 Å². The van der Waals surface area contributed by atoms with E-state index in [0.29, 0.717) is 6.07 Å². The number of alkyl halides is 3. The zero-order valence-corrected chi connectivity index (χ0v) is 12.4. The van der Waals surface area contributed by atoms with Crippen LogP contribution < -0.4 is 4.72 Å². The monoisotopic (exact) mass is 373 g/mol. The highest BCUT2D eigenvalue weighted by Gasteiger charge is 2.39. The lowest BCUT2D eigenvalue weighted by Gasteiger charge is -2.31. The molecule has 0 saturated heterocycles. The van der Waals surface area contributed by atoms with Gasteiger partial charge in [0.1, 0.15) is 0 Å². The van der Waals surface area contributed by atoms with Crippen LogP contribution in [0.4, 0.5) is 13.2 Å². The van der Waals surface area contributed by atoms with E-state index >= 15 is 0 Å². The van der Waals surface area contributed by atoms with Crippen LogP contribution in [0, 0.1) is 0 Å². The molecule has 0 amide bonds. The number of halogens is 4. The third-order valence-corrected chi connectivity index (χ3v) is 5.03. The molecule has 0 aliphatic heterocycles. The Labute approximate surface area is 122 Å². The second-order valence-corrected chi connectivity index (χ2v) is 7.18. The molecule has 0 atom stereocenters. The first-order valence-electron chi connectivity index (χ1n) is 5.67. The van der Waals surface area contributed by atoms with Crippen LogP contribution in [-0.2, 0) is 16.2 Å². The van der Waals surface area contributed by atoms with Crippen molar-refractivity contribution < 1.29 is 26.7 Å². The second kappa shape index (κ2) is 5.28. The summed E-state index contributed by atoms with van der Waals surface area (Å²) >= 11 is 2.96. The van der Waals surface area contributed by atoms with Gasteiger partial charge in [0.25, 0.3) is 0 Å². The topological polar surface area (TPSA) is 66.4 Å². The number of aliphatic hydroxyl groups is 1. The van der Waals surface area contributed by atoms with E-state index in [1.807, 2.05) is 0 Å². The highest BCUT2D eigenvalue weighted by molar-refractivity contribution is 9.10. The summed E-state index contributed by atoms with van der Waals surface area (Å²) < 4.78 is 65.1. The van der Waals surface area contributed by atoms with Gasteiger partial charge < -0.3 is 5.11 Å². The van der Waals surface area contributed by atoms with E-state index in [2.05, 4.69) is 20.7 Å². The number of hydrogen-bond donors (Lipinski definition) is 2. The van der Waals surface area contributed by atoms with E-state index in [1.165, 1.54) is 0 Å². The first kappa shape index (κ1) is 15.7. The number of hydrogen-bond acceptors (Lipinski definition) is 3. The van der Waals surface area contributed by atoms with E-state index in [0.717, 1.165) is 12.1 Å². The van der Waals surface area contributed by atoms with Crippen molar-refractivity contribution in [1.82, 2.24) is 4.72 Å². The number of rotatable bonds is 3. The van der Waals surface area contributed by atoms with Crippen LogP contribution in [0.25, 0.3) is 0 Å². The quantitative estimate of drug-likeness (QED) is 0.853. The first-order valence-corrected chi connectivity index (χ1v) is 7.94. The molecule has 9 heteroatoms. The lowest BCUT2D eigenvalue weighted by Crippen LogP contribution is -2.46. The molecule has 1 aliphatic rings. The van der Waals surface area contributed by atoms with Gasteiger partial charge in [-0.25, -0.2) is 13.1 Å². The molecule has 20 heavy (non-hydrogen) atoms. The van der Waals surface area contributed by atoms with Gasteiger partial charge in [0, 0.05) is 10.5 Å². The molecule has 4 nitrogen and oxygen atoms in total. The average Bonchev–Trinajstić information content (AvgIpc) is 2.24. The molecular formula is C11H11BrF3NO3S. The predicted molar refractivity (Wildman–Crippen MR) is 68.5 cm³/mol. The smallest absolute Gasteiger partial charge is 0.393 e. The molecule has 2 N–H and O–H groups in total. The fraction of sp³-hybridized carbons (Fsp3) is 0.455. The van der Waals surface area contributed by atoms with Crippen molar-refractivity contribution in [3.63, 3.8) is 0 Å². The van der Waals surface area contributed by atoms with Gasteiger partial charge in [-0.15, -0.1) is 0 Å². The van der Waals surface area contributed by atoms with Gasteiger partial charge in [-0.2, -0.15) is 13.2 Å². The average molecular weight is 374 g/mol. The van der Waals surface area contributed by atoms with E-state index in [-0.39, 0.29) is 17.3 Å². The van der Waals surface area contributed by atoms with Gasteiger partial charge in [0.15, 0.2) is 0 Å². The molecule has 112 valence electrons. The van der Waals surface area contributed by atoms with Crippen LogP contribution in [0.3, 0.4) is 0 Å². The SMILES string of the molecule is O=S(=O)(NC1CC(O)C1)c1cc(Br)ccc1C(F)(F)F. The van der Waals surface area contributed by atoms with Crippen molar-refractivity contribution in [3.05, 3.63) is 28.2 Å². The van der Waals surface area contributed by atoms with E-state index in [1.54, 1.807) is 0 Å². The molecule has 1 saturated carbocycles. The molecule has 2 rings (SSSR count). The highest BCUT2D eigenvalue weighted by atomic mass is 79.9. The second-order valence-electron chi connectivity index (χ2n) is 4.58. The van der Waals surface area contributed by atoms with Crippen molar-refractivity contribution in [1.29, 1.82) is 0 Å². The number of nitrogens with one attached hydrogen (secondary N) is 1. The Morgan fingerprint density at radius 1 is 1.30 bits per heavy atom. The van der Waals surface area contributed by atoms with Crippen molar-refractivity contribution in [2.24, 2.45) is 0 Å². The standard InChI is InChI=1S/C11H11BrF3NO3S/c12-6-1-2-9(11(13,14)15)10(3-6)20(18,19)16-7-4-8(17)5-7/h1-3,7-8,16-17H,4-5H2. The number of sulfonamides is 1. The minimum absolute atomic E-state index is 0.203. The summed E-state index contributed by atoms with van der Waals surface area (Å²) in [7, 11) is -4.29. The van der Waals surface area contributed by atoms with Crippen LogP contribution in [0.5, 0.6) is 0 Å². The van der Waals surface area contributed by atoms with Gasteiger partial charge in [0.2, 0.25) is 10.0 Å². The van der Waals surface area contributed by atoms with Gasteiger partial charge in [-0.05, 0) is 31.0 Å². The summed E-state index contributed by atoms with van der Waals surface area (Å²) in [6.45, 7) is 0. The van der Waals surface area contributed by atoms with E-state index in [4.69, 9.17) is 5.11 Å². The van der Waals surface area contributed by atoms with Crippen molar-refractivity contribution in [2.75, 3.05) is 0 Å². The molecule has 0 radical (unpaired) electrons. The van der Waals surface area contributed by atoms with Gasteiger partial charge in [-0.3, -0.25) is 0 Å². The molecule has 0 unspecified atom stereocenters. The van der Waals surface area contributed by atoms with Gasteiger partial charge in [0.05, 0.1) is 16.6 Å². The summed E-state index contributed by atoms with van der Waals surface area (Å²) in [5, 5.41) is 9.09. The normalized spacial score (nSPS) is 23.4. The zero-order valence-electron chi connectivity index (χ0n) is 9.98. The summed E-state index contributed by atoms with van der Waals surface area (Å²) in [6, 6.07) is 2.23. The third-order valence-electron chi connectivity index (χ3n) is 2.97. The molecule has 0 bridgehead atoms. The number of benzene rings is 1. The van der Waals surface area contributed by atoms with Crippen LogP contribution in [-0.4, -0.2) is 25.7 Å². The molecule has 0 heterocycles. The maximum atomic E-state index is 12.9. The lowest BCUT2D eigenvalue weighted by atomic mass is 9.91. The fourth-order valence-electron chi connectivity index (χ4n) is 1.92. The maximum Gasteiger partial charge on any atom is 0.417 e. The Morgan fingerprint density at radius 3 is 2.40 bits per heavy atom. The molecule has 1 aromatic carbocycles. The molecule has 1 aliphatic carbocycles. The first-order chi connectivity index (χ1) is 9.09. The van der Waals surface area contributed by atoms with E-state index < -0.39 is 38.8 Å². The van der Waals surface area contributed by atoms with Gasteiger partial charge in [-0.1, -0.05) is 15.9 Å². The predicted octanol–water partition coefficient (Wildman–Crippen LogP) is 2.27. The molecule has 1 fully saturated rings. The third kappa shape index (κ3) is 3.33. The zero-order chi connectivity index (χ0) is 15.1. The molecule has 1 aromatic rings. The van der Waals surface area contributed by atoms with Gasteiger partial charge >= 0.3 is 6.18 Å². The summed E-state index contributed by atoms with van der Waals surface area (Å²) in [5.41, 5.74) is -1.21. The Morgan fingerprint density at radius 2 is 1.90 bits per heavy atom. The van der Waals surface area contributed by atoms with E-state index in [9.17, 15) is 21.6 Å². The van der Waals surface area contributed by atoms with Crippen molar-refractivity contribution >= 4 is 26.0 Å². The van der Waals surface area contributed by atoms with Crippen LogP contribution >= 0.6 is 15.9 Å². The summed E-state index contributed by atoms with van der Waals surface area (Å²) in [5.74, 6) is 0. The minimum atomic E-state index is -4.76. The molecule has 0 aromatic heterocycles. The Hall–Kier alpha value is -0.640. The van der Waals surface area contributed by atoms with Crippen molar-refractivity contribution in [2.45, 2.75) is 36.1 Å². The number of aliphatic hydroxyl groups excluding tert-OH is 1. The van der Waals surface area contributed by atoms with Crippen LogP contribution in [0.1, 0.15) is 18.4 Å². The van der Waals surface area contributed by atoms with Crippen LogP contribution in [0.15, 0.2) is 27.6 Å². The molecular weight excluding hydrogens is 363 g/mol. The summed E-state index contributed by atoms with van der Waals surface area (Å²) in [4.78, 5) is -0.819. The molecule has 0 spiro atoms. The highest BCUT2D eigenvalue weighted by Crippen LogP contribution is 2.36. The van der Waals surface area contributed by atoms with Crippen molar-refractivity contribution in [3.8, 4) is 0 Å². The lowest BCUT2D eigenvalue weighted by molar-refractivity contribution is -0.139.